The SMILES string of the molecule is CCc1cc(N2CCN(S(=O)(=O)c3cccc([N+](=O)[O-])c3)CC2)nc(-c2ccc([N+](=O)[O-])cc2)n1. The maximum atomic E-state index is 13.0. The Morgan fingerprint density at radius 2 is 1.54 bits per heavy atom. The molecule has 182 valence electrons. The summed E-state index contributed by atoms with van der Waals surface area (Å²) < 4.78 is 27.4. The molecule has 1 aliphatic heterocycles. The van der Waals surface area contributed by atoms with E-state index in [4.69, 9.17) is 0 Å². The van der Waals surface area contributed by atoms with Crippen LogP contribution in [0.3, 0.4) is 0 Å². The highest BCUT2D eigenvalue weighted by Crippen LogP contribution is 2.26. The zero-order chi connectivity index (χ0) is 25.2. The fourth-order valence-corrected chi connectivity index (χ4v) is 5.21. The molecule has 1 aromatic heterocycles. The molecule has 0 radical (unpaired) electrons. The Labute approximate surface area is 201 Å². The van der Waals surface area contributed by atoms with E-state index in [1.54, 1.807) is 12.1 Å². The van der Waals surface area contributed by atoms with Crippen molar-refractivity contribution in [1.29, 1.82) is 0 Å². The minimum absolute atomic E-state index is 0.0262. The van der Waals surface area contributed by atoms with Crippen LogP contribution in [0, 0.1) is 20.2 Å². The number of nitro benzene ring substituents is 2. The van der Waals surface area contributed by atoms with E-state index < -0.39 is 19.9 Å². The maximum Gasteiger partial charge on any atom is 0.270 e. The van der Waals surface area contributed by atoms with Gasteiger partial charge in [0.2, 0.25) is 10.0 Å². The number of non-ortho nitro benzene ring substituents is 2. The lowest BCUT2D eigenvalue weighted by atomic mass is 10.2. The van der Waals surface area contributed by atoms with Gasteiger partial charge in [-0.25, -0.2) is 18.4 Å². The number of piperazine rings is 1. The van der Waals surface area contributed by atoms with Gasteiger partial charge >= 0.3 is 0 Å². The van der Waals surface area contributed by atoms with Crippen LogP contribution in [0.5, 0.6) is 0 Å². The molecule has 0 unspecified atom stereocenters. The molecule has 35 heavy (non-hydrogen) atoms. The van der Waals surface area contributed by atoms with E-state index >= 15 is 0 Å². The summed E-state index contributed by atoms with van der Waals surface area (Å²) in [7, 11) is -3.88. The van der Waals surface area contributed by atoms with Gasteiger partial charge in [0.05, 0.1) is 14.7 Å². The molecule has 0 aliphatic carbocycles. The maximum absolute atomic E-state index is 13.0. The van der Waals surface area contributed by atoms with Crippen molar-refractivity contribution in [3.05, 3.63) is 80.5 Å². The van der Waals surface area contributed by atoms with E-state index in [-0.39, 0.29) is 29.4 Å². The van der Waals surface area contributed by atoms with Crippen molar-refractivity contribution >= 4 is 27.2 Å². The third kappa shape index (κ3) is 5.10. The Balaban J connectivity index is 1.54. The van der Waals surface area contributed by atoms with Gasteiger partial charge in [-0.15, -0.1) is 0 Å². The number of aromatic nitrogens is 2. The van der Waals surface area contributed by atoms with Gasteiger partial charge in [0, 0.05) is 67.8 Å². The monoisotopic (exact) mass is 498 g/mol. The average Bonchev–Trinajstić information content (AvgIpc) is 2.88. The number of nitrogens with zero attached hydrogens (tertiary/aromatic N) is 6. The predicted molar refractivity (Wildman–Crippen MR) is 128 cm³/mol. The molecule has 1 aliphatic rings. The normalized spacial score (nSPS) is 14.6. The molecular weight excluding hydrogens is 476 g/mol. The molecule has 0 spiro atoms. The second kappa shape index (κ2) is 9.72. The molecule has 3 aromatic rings. The van der Waals surface area contributed by atoms with E-state index in [9.17, 15) is 28.6 Å². The molecule has 12 nitrogen and oxygen atoms in total. The summed E-state index contributed by atoms with van der Waals surface area (Å²) in [5, 5.41) is 22.0. The Morgan fingerprint density at radius 1 is 0.886 bits per heavy atom. The molecule has 0 amide bonds. The van der Waals surface area contributed by atoms with Crippen molar-refractivity contribution in [3.63, 3.8) is 0 Å². The summed E-state index contributed by atoms with van der Waals surface area (Å²) in [6.07, 6.45) is 0.649. The number of sulfonamides is 1. The lowest BCUT2D eigenvalue weighted by molar-refractivity contribution is -0.385. The highest BCUT2D eigenvalue weighted by molar-refractivity contribution is 7.89. The predicted octanol–water partition coefficient (Wildman–Crippen LogP) is 3.03. The molecule has 0 N–H and O–H groups in total. The molecule has 2 aromatic carbocycles. The van der Waals surface area contributed by atoms with E-state index in [0.717, 1.165) is 11.8 Å². The van der Waals surface area contributed by atoms with Gasteiger partial charge < -0.3 is 4.90 Å². The van der Waals surface area contributed by atoms with Gasteiger partial charge in [0.25, 0.3) is 11.4 Å². The van der Waals surface area contributed by atoms with E-state index in [1.807, 2.05) is 17.9 Å². The van der Waals surface area contributed by atoms with Gasteiger partial charge in [0.15, 0.2) is 5.82 Å². The lowest BCUT2D eigenvalue weighted by Crippen LogP contribution is -2.49. The van der Waals surface area contributed by atoms with Crippen LogP contribution in [-0.4, -0.2) is 58.7 Å². The molecule has 0 saturated carbocycles. The van der Waals surface area contributed by atoms with E-state index in [0.29, 0.717) is 36.7 Å². The quantitative estimate of drug-likeness (QED) is 0.353. The molecular formula is C22H22N6O6S. The second-order valence-electron chi connectivity index (χ2n) is 7.84. The zero-order valence-electron chi connectivity index (χ0n) is 18.8. The first-order chi connectivity index (χ1) is 16.7. The molecule has 0 atom stereocenters. The van der Waals surface area contributed by atoms with Crippen LogP contribution in [0.15, 0.2) is 59.5 Å². The third-order valence-corrected chi connectivity index (χ3v) is 7.59. The van der Waals surface area contributed by atoms with Gasteiger partial charge in [-0.2, -0.15) is 4.31 Å². The Kier molecular flexibility index (Phi) is 6.71. The highest BCUT2D eigenvalue weighted by atomic mass is 32.2. The van der Waals surface area contributed by atoms with Crippen LogP contribution in [0.4, 0.5) is 17.2 Å². The zero-order valence-corrected chi connectivity index (χ0v) is 19.6. The number of anilines is 1. The van der Waals surface area contributed by atoms with E-state index in [1.165, 1.54) is 34.6 Å². The topological polar surface area (TPSA) is 153 Å². The standard InChI is InChI=1S/C22H22N6O6S/c1-2-17-14-21(24-22(23-17)16-6-8-18(9-7-16)27(29)30)25-10-12-26(13-11-25)35(33,34)20-5-3-4-19(15-20)28(31)32/h3-9,14-15H,2,10-13H2,1H3. The first-order valence-corrected chi connectivity index (χ1v) is 12.3. The van der Waals surface area contributed by atoms with Crippen molar-refractivity contribution in [2.45, 2.75) is 18.2 Å². The van der Waals surface area contributed by atoms with Crippen LogP contribution < -0.4 is 4.90 Å². The van der Waals surface area contributed by atoms with Crippen molar-refractivity contribution < 1.29 is 18.3 Å². The molecule has 4 rings (SSSR count). The Morgan fingerprint density at radius 3 is 2.14 bits per heavy atom. The van der Waals surface area contributed by atoms with Crippen LogP contribution in [-0.2, 0) is 16.4 Å². The minimum Gasteiger partial charge on any atom is -0.354 e. The van der Waals surface area contributed by atoms with Crippen LogP contribution in [0.1, 0.15) is 12.6 Å². The Bertz CT molecular complexity index is 1370. The first-order valence-electron chi connectivity index (χ1n) is 10.8. The number of benzene rings is 2. The number of hydrogen-bond acceptors (Lipinski definition) is 9. The number of nitro groups is 2. The number of hydrogen-bond donors (Lipinski definition) is 0. The number of rotatable bonds is 7. The summed E-state index contributed by atoms with van der Waals surface area (Å²) in [5.41, 5.74) is 1.12. The van der Waals surface area contributed by atoms with Gasteiger partial charge in [-0.1, -0.05) is 13.0 Å². The van der Waals surface area contributed by atoms with Crippen LogP contribution in [0.25, 0.3) is 11.4 Å². The second-order valence-corrected chi connectivity index (χ2v) is 9.78. The summed E-state index contributed by atoms with van der Waals surface area (Å²) in [6, 6.07) is 12.9. The van der Waals surface area contributed by atoms with Crippen molar-refractivity contribution in [1.82, 2.24) is 14.3 Å². The molecule has 2 heterocycles. The van der Waals surface area contributed by atoms with Crippen LogP contribution in [0.2, 0.25) is 0 Å². The van der Waals surface area contributed by atoms with Gasteiger partial charge in [-0.3, -0.25) is 20.2 Å². The molecule has 1 saturated heterocycles. The molecule has 1 fully saturated rings. The van der Waals surface area contributed by atoms with Crippen LogP contribution >= 0.6 is 0 Å². The highest BCUT2D eigenvalue weighted by Gasteiger charge is 2.30. The lowest BCUT2D eigenvalue weighted by Gasteiger charge is -2.34. The van der Waals surface area contributed by atoms with Crippen molar-refractivity contribution in [2.24, 2.45) is 0 Å². The van der Waals surface area contributed by atoms with Crippen molar-refractivity contribution in [2.75, 3.05) is 31.1 Å². The molecule has 0 bridgehead atoms. The smallest absolute Gasteiger partial charge is 0.270 e. The fraction of sp³-hybridized carbons (Fsp3) is 0.273. The molecule has 13 heteroatoms. The largest absolute Gasteiger partial charge is 0.354 e. The summed E-state index contributed by atoms with van der Waals surface area (Å²) in [6.45, 7) is 3.06. The number of aryl methyl sites for hydroxylation is 1. The summed E-state index contributed by atoms with van der Waals surface area (Å²) >= 11 is 0. The van der Waals surface area contributed by atoms with Gasteiger partial charge in [0.1, 0.15) is 5.82 Å². The van der Waals surface area contributed by atoms with Gasteiger partial charge in [-0.05, 0) is 24.6 Å². The summed E-state index contributed by atoms with van der Waals surface area (Å²) in [5.74, 6) is 1.07. The van der Waals surface area contributed by atoms with Crippen molar-refractivity contribution in [3.8, 4) is 11.4 Å². The van der Waals surface area contributed by atoms with E-state index in [2.05, 4.69) is 9.97 Å². The summed E-state index contributed by atoms with van der Waals surface area (Å²) in [4.78, 5) is 31.9. The first kappa shape index (κ1) is 24.2. The fourth-order valence-electron chi connectivity index (χ4n) is 3.75. The Hall–Kier alpha value is -3.97. The third-order valence-electron chi connectivity index (χ3n) is 5.69. The average molecular weight is 499 g/mol. The minimum atomic E-state index is -3.88.